The van der Waals surface area contributed by atoms with E-state index in [0.29, 0.717) is 12.3 Å². The largest absolute Gasteiger partial charge is 0.463 e. The molecular formula is C9H10BrN5O2. The van der Waals surface area contributed by atoms with Crippen molar-refractivity contribution in [1.29, 1.82) is 0 Å². The molecule has 0 aromatic carbocycles. The molecule has 0 fully saturated rings. The molecule has 0 aliphatic rings. The van der Waals surface area contributed by atoms with Crippen molar-refractivity contribution in [3.05, 3.63) is 22.4 Å². The Labute approximate surface area is 105 Å². The van der Waals surface area contributed by atoms with Crippen molar-refractivity contribution in [3.8, 4) is 6.01 Å². The normalized spacial score (nSPS) is 10.2. The van der Waals surface area contributed by atoms with Crippen molar-refractivity contribution >= 4 is 27.8 Å². The molecule has 7 nitrogen and oxygen atoms in total. The minimum atomic E-state index is -0.310. The Morgan fingerprint density at radius 3 is 3.12 bits per heavy atom. The highest BCUT2D eigenvalue weighted by atomic mass is 79.9. The summed E-state index contributed by atoms with van der Waals surface area (Å²) in [4.78, 5) is 18.4. The van der Waals surface area contributed by atoms with Crippen LogP contribution in [0, 0.1) is 0 Å². The molecular weight excluding hydrogens is 290 g/mol. The van der Waals surface area contributed by atoms with Crippen LogP contribution >= 0.6 is 15.9 Å². The van der Waals surface area contributed by atoms with Gasteiger partial charge in [0, 0.05) is 10.7 Å². The Morgan fingerprint density at radius 1 is 1.65 bits per heavy atom. The molecule has 0 atom stereocenters. The number of hydrogen-bond acceptors (Lipinski definition) is 4. The first kappa shape index (κ1) is 11.6. The fourth-order valence-corrected chi connectivity index (χ4v) is 1.51. The predicted molar refractivity (Wildman–Crippen MR) is 64.0 cm³/mol. The van der Waals surface area contributed by atoms with Crippen molar-refractivity contribution in [3.63, 3.8) is 0 Å². The summed E-state index contributed by atoms with van der Waals surface area (Å²) in [5, 5.41) is 8.87. The summed E-state index contributed by atoms with van der Waals surface area (Å²) in [5.41, 5.74) is 0.422. The molecule has 2 rings (SSSR count). The second kappa shape index (κ2) is 5.00. The molecule has 2 heterocycles. The molecule has 0 radical (unpaired) electrons. The Hall–Kier alpha value is -1.83. The van der Waals surface area contributed by atoms with Gasteiger partial charge in [0.05, 0.1) is 6.61 Å². The number of amides is 1. The molecule has 8 heteroatoms. The summed E-state index contributed by atoms with van der Waals surface area (Å²) in [5.74, 6) is -0.0703. The first-order valence-corrected chi connectivity index (χ1v) is 5.69. The number of H-pyrrole nitrogens is 2. The van der Waals surface area contributed by atoms with Crippen LogP contribution in [0.5, 0.6) is 6.01 Å². The van der Waals surface area contributed by atoms with Gasteiger partial charge in [0.25, 0.3) is 5.91 Å². The summed E-state index contributed by atoms with van der Waals surface area (Å²) in [7, 11) is 0. The second-order valence-electron chi connectivity index (χ2n) is 3.09. The Bertz CT molecular complexity index is 521. The second-order valence-corrected chi connectivity index (χ2v) is 4.00. The van der Waals surface area contributed by atoms with Gasteiger partial charge in [0.1, 0.15) is 5.69 Å². The lowest BCUT2D eigenvalue weighted by Gasteiger charge is -1.97. The standard InChI is InChI=1S/C9H10BrN5O2/c1-2-17-9-13-8(14-15-9)12-7(16)6-3-5(10)4-11-6/h3-4,11H,2H2,1H3,(H2,12,13,14,15,16). The van der Waals surface area contributed by atoms with Crippen molar-refractivity contribution in [2.24, 2.45) is 0 Å². The van der Waals surface area contributed by atoms with Gasteiger partial charge < -0.3 is 9.72 Å². The molecule has 2 aromatic rings. The summed E-state index contributed by atoms with van der Waals surface area (Å²) >= 11 is 3.24. The lowest BCUT2D eigenvalue weighted by molar-refractivity contribution is 0.102. The van der Waals surface area contributed by atoms with E-state index in [1.54, 1.807) is 12.3 Å². The molecule has 0 saturated carbocycles. The lowest BCUT2D eigenvalue weighted by Crippen LogP contribution is -2.13. The summed E-state index contributed by atoms with van der Waals surface area (Å²) in [6.07, 6.45) is 1.67. The van der Waals surface area contributed by atoms with Crippen molar-refractivity contribution in [1.82, 2.24) is 20.2 Å². The van der Waals surface area contributed by atoms with Gasteiger partial charge in [-0.15, -0.1) is 5.10 Å². The zero-order chi connectivity index (χ0) is 12.3. The summed E-state index contributed by atoms with van der Waals surface area (Å²) in [6.45, 7) is 2.29. The minimum absolute atomic E-state index is 0.204. The molecule has 90 valence electrons. The third-order valence-electron chi connectivity index (χ3n) is 1.86. The van der Waals surface area contributed by atoms with Gasteiger partial charge in [0.15, 0.2) is 0 Å². The zero-order valence-corrected chi connectivity index (χ0v) is 10.5. The highest BCUT2D eigenvalue weighted by Crippen LogP contribution is 2.12. The molecule has 2 aromatic heterocycles. The van der Waals surface area contributed by atoms with Gasteiger partial charge in [-0.25, -0.2) is 5.10 Å². The van der Waals surface area contributed by atoms with E-state index in [2.05, 4.69) is 41.4 Å². The number of halogens is 1. The fraction of sp³-hybridized carbons (Fsp3) is 0.222. The SMILES string of the molecule is CCOc1n[nH]c(NC(=O)c2cc(Br)c[nH]2)n1. The van der Waals surface area contributed by atoms with E-state index < -0.39 is 0 Å². The first-order chi connectivity index (χ1) is 8.19. The molecule has 0 aliphatic heterocycles. The number of carbonyl (C=O) groups is 1. The van der Waals surface area contributed by atoms with Crippen LogP contribution in [0.4, 0.5) is 5.95 Å². The van der Waals surface area contributed by atoms with Crippen LogP contribution in [0.25, 0.3) is 0 Å². The van der Waals surface area contributed by atoms with Gasteiger partial charge in [-0.1, -0.05) is 0 Å². The molecule has 0 bridgehead atoms. The highest BCUT2D eigenvalue weighted by Gasteiger charge is 2.11. The number of carbonyl (C=O) groups excluding carboxylic acids is 1. The number of rotatable bonds is 4. The van der Waals surface area contributed by atoms with Crippen LogP contribution in [0.3, 0.4) is 0 Å². The van der Waals surface area contributed by atoms with E-state index in [9.17, 15) is 4.79 Å². The van der Waals surface area contributed by atoms with Crippen LogP contribution in [-0.2, 0) is 0 Å². The summed E-state index contributed by atoms with van der Waals surface area (Å²) < 4.78 is 5.86. The third kappa shape index (κ3) is 2.84. The van der Waals surface area contributed by atoms with Crippen LogP contribution in [0.15, 0.2) is 16.7 Å². The average Bonchev–Trinajstić information content (AvgIpc) is 2.88. The molecule has 17 heavy (non-hydrogen) atoms. The fourth-order valence-electron chi connectivity index (χ4n) is 1.17. The maximum Gasteiger partial charge on any atom is 0.337 e. The maximum atomic E-state index is 11.7. The number of nitrogens with zero attached hydrogens (tertiary/aromatic N) is 2. The van der Waals surface area contributed by atoms with Crippen LogP contribution in [0.1, 0.15) is 17.4 Å². The van der Waals surface area contributed by atoms with E-state index in [1.807, 2.05) is 6.92 Å². The van der Waals surface area contributed by atoms with Gasteiger partial charge in [-0.2, -0.15) is 4.98 Å². The monoisotopic (exact) mass is 299 g/mol. The predicted octanol–water partition coefficient (Wildman–Crippen LogP) is 1.55. The molecule has 1 amide bonds. The van der Waals surface area contributed by atoms with Gasteiger partial charge in [0.2, 0.25) is 5.95 Å². The van der Waals surface area contributed by atoms with E-state index in [-0.39, 0.29) is 17.9 Å². The number of anilines is 1. The van der Waals surface area contributed by atoms with Crippen molar-refractivity contribution in [2.45, 2.75) is 6.92 Å². The molecule has 0 aliphatic carbocycles. The highest BCUT2D eigenvalue weighted by molar-refractivity contribution is 9.10. The smallest absolute Gasteiger partial charge is 0.337 e. The topological polar surface area (TPSA) is 95.7 Å². The molecule has 0 spiro atoms. The van der Waals surface area contributed by atoms with E-state index in [0.717, 1.165) is 4.47 Å². The molecule has 0 saturated heterocycles. The van der Waals surface area contributed by atoms with E-state index in [1.165, 1.54) is 0 Å². The number of aromatic amines is 2. The van der Waals surface area contributed by atoms with Gasteiger partial charge >= 0.3 is 6.01 Å². The third-order valence-corrected chi connectivity index (χ3v) is 2.32. The van der Waals surface area contributed by atoms with Gasteiger partial charge in [-0.3, -0.25) is 10.1 Å². The van der Waals surface area contributed by atoms with E-state index >= 15 is 0 Å². The van der Waals surface area contributed by atoms with Gasteiger partial charge in [-0.05, 0) is 28.9 Å². The van der Waals surface area contributed by atoms with Crippen LogP contribution in [-0.4, -0.2) is 32.7 Å². The van der Waals surface area contributed by atoms with Crippen molar-refractivity contribution in [2.75, 3.05) is 11.9 Å². The van der Waals surface area contributed by atoms with E-state index in [4.69, 9.17) is 4.74 Å². The maximum absolute atomic E-state index is 11.7. The summed E-state index contributed by atoms with van der Waals surface area (Å²) in [6, 6.07) is 1.87. The Morgan fingerprint density at radius 2 is 2.47 bits per heavy atom. The van der Waals surface area contributed by atoms with Crippen LogP contribution < -0.4 is 10.1 Å². The molecule has 3 N–H and O–H groups in total. The number of aromatic nitrogens is 4. The van der Waals surface area contributed by atoms with Crippen LogP contribution in [0.2, 0.25) is 0 Å². The minimum Gasteiger partial charge on any atom is -0.463 e. The lowest BCUT2D eigenvalue weighted by atomic mass is 10.4. The zero-order valence-electron chi connectivity index (χ0n) is 8.95. The number of ether oxygens (including phenoxy) is 1. The number of hydrogen-bond donors (Lipinski definition) is 3. The average molecular weight is 300 g/mol. The van der Waals surface area contributed by atoms with Crippen molar-refractivity contribution < 1.29 is 9.53 Å². The molecule has 0 unspecified atom stereocenters. The Balaban J connectivity index is 2.02. The first-order valence-electron chi connectivity index (χ1n) is 4.89. The Kier molecular flexibility index (Phi) is 3.43. The number of nitrogens with one attached hydrogen (secondary N) is 3. The quantitative estimate of drug-likeness (QED) is 0.798.